The molecule has 1 aromatic rings. The van der Waals surface area contributed by atoms with Gasteiger partial charge in [-0.1, -0.05) is 6.07 Å². The molecule has 0 saturated carbocycles. The Hall–Kier alpha value is -0.830. The molecule has 0 fully saturated rings. The summed E-state index contributed by atoms with van der Waals surface area (Å²) in [7, 11) is -1.73. The van der Waals surface area contributed by atoms with Crippen molar-refractivity contribution < 1.29 is 18.3 Å². The minimum absolute atomic E-state index is 0.328. The molecule has 5 heteroatoms. The minimum atomic E-state index is -3.27. The second-order valence-electron chi connectivity index (χ2n) is 3.51. The van der Waals surface area contributed by atoms with Crippen LogP contribution in [0.1, 0.15) is 19.4 Å². The van der Waals surface area contributed by atoms with Crippen LogP contribution in [0.3, 0.4) is 0 Å². The van der Waals surface area contributed by atoms with Crippen LogP contribution in [0.2, 0.25) is 0 Å². The lowest BCUT2D eigenvalue weighted by Crippen LogP contribution is -2.13. The van der Waals surface area contributed by atoms with E-state index in [1.807, 2.05) is 19.1 Å². The van der Waals surface area contributed by atoms with Crippen molar-refractivity contribution >= 4 is 12.9 Å². The molecule has 0 unspecified atom stereocenters. The number of aryl methyl sites for hydroxylation is 1. The Bertz CT molecular complexity index is 407. The van der Waals surface area contributed by atoms with Crippen molar-refractivity contribution in [2.75, 3.05) is 20.3 Å². The molecule has 0 bridgehead atoms. The number of methoxy groups -OCH3 is 1. The first-order chi connectivity index (χ1) is 8.07. The van der Waals surface area contributed by atoms with Crippen LogP contribution in [0.5, 0.6) is 5.75 Å². The topological polar surface area (TPSA) is 44.8 Å². The van der Waals surface area contributed by atoms with E-state index in [9.17, 15) is 4.57 Å². The van der Waals surface area contributed by atoms with E-state index >= 15 is 0 Å². The van der Waals surface area contributed by atoms with Gasteiger partial charge in [0.25, 0.3) is 0 Å². The molecule has 0 aliphatic heterocycles. The van der Waals surface area contributed by atoms with Gasteiger partial charge in [-0.3, -0.25) is 4.57 Å². The number of ether oxygens (including phenoxy) is 1. The van der Waals surface area contributed by atoms with E-state index in [2.05, 4.69) is 0 Å². The van der Waals surface area contributed by atoms with E-state index < -0.39 is 7.60 Å². The smallest absolute Gasteiger partial charge is 0.365 e. The second-order valence-corrected chi connectivity index (χ2v) is 5.50. The van der Waals surface area contributed by atoms with Crippen LogP contribution in [0.15, 0.2) is 18.2 Å². The molecule has 0 atom stereocenters. The molecular formula is C12H19O4P. The van der Waals surface area contributed by atoms with Crippen LogP contribution >= 0.6 is 7.60 Å². The zero-order valence-corrected chi connectivity index (χ0v) is 11.6. The molecule has 0 saturated heterocycles. The maximum Gasteiger partial charge on any atom is 0.365 e. The monoisotopic (exact) mass is 258 g/mol. The van der Waals surface area contributed by atoms with Crippen molar-refractivity contribution in [3.8, 4) is 5.75 Å². The summed E-state index contributed by atoms with van der Waals surface area (Å²) >= 11 is 0. The molecule has 96 valence electrons. The highest BCUT2D eigenvalue weighted by molar-refractivity contribution is 7.62. The SMILES string of the molecule is CCOP(=O)(OCC)c1ccc(C)cc1OC. The molecule has 0 aliphatic carbocycles. The van der Waals surface area contributed by atoms with E-state index in [0.29, 0.717) is 24.3 Å². The summed E-state index contributed by atoms with van der Waals surface area (Å²) in [4.78, 5) is 0. The molecule has 0 radical (unpaired) electrons. The van der Waals surface area contributed by atoms with Crippen LogP contribution in [0.4, 0.5) is 0 Å². The van der Waals surface area contributed by atoms with E-state index in [1.54, 1.807) is 27.0 Å². The lowest BCUT2D eigenvalue weighted by atomic mass is 10.2. The van der Waals surface area contributed by atoms with Crippen LogP contribution in [-0.4, -0.2) is 20.3 Å². The van der Waals surface area contributed by atoms with Crippen molar-refractivity contribution in [2.24, 2.45) is 0 Å². The van der Waals surface area contributed by atoms with Crippen molar-refractivity contribution in [1.29, 1.82) is 0 Å². The van der Waals surface area contributed by atoms with Gasteiger partial charge < -0.3 is 13.8 Å². The van der Waals surface area contributed by atoms with Crippen LogP contribution in [0.25, 0.3) is 0 Å². The Morgan fingerprint density at radius 1 is 1.18 bits per heavy atom. The van der Waals surface area contributed by atoms with Crippen LogP contribution < -0.4 is 10.0 Å². The molecule has 0 aromatic heterocycles. The Balaban J connectivity index is 3.22. The molecule has 1 aromatic carbocycles. The van der Waals surface area contributed by atoms with Crippen molar-refractivity contribution in [3.63, 3.8) is 0 Å². The average Bonchev–Trinajstić information content (AvgIpc) is 2.29. The highest BCUT2D eigenvalue weighted by atomic mass is 31.2. The quantitative estimate of drug-likeness (QED) is 0.736. The van der Waals surface area contributed by atoms with E-state index in [-0.39, 0.29) is 0 Å². The Morgan fingerprint density at radius 2 is 1.76 bits per heavy atom. The maximum absolute atomic E-state index is 12.6. The summed E-state index contributed by atoms with van der Waals surface area (Å²) in [6, 6.07) is 5.42. The van der Waals surface area contributed by atoms with Gasteiger partial charge in [0.15, 0.2) is 0 Å². The first kappa shape index (κ1) is 14.2. The Morgan fingerprint density at radius 3 is 2.24 bits per heavy atom. The van der Waals surface area contributed by atoms with Gasteiger partial charge in [0.05, 0.1) is 20.3 Å². The fourth-order valence-electron chi connectivity index (χ4n) is 1.53. The molecule has 4 nitrogen and oxygen atoms in total. The molecule has 0 aliphatic rings. The first-order valence-corrected chi connectivity index (χ1v) is 7.16. The van der Waals surface area contributed by atoms with Crippen molar-refractivity contribution in [3.05, 3.63) is 23.8 Å². The predicted octanol–water partition coefficient (Wildman–Crippen LogP) is 2.90. The molecule has 1 rings (SSSR count). The summed E-state index contributed by atoms with van der Waals surface area (Å²) in [5, 5.41) is 0.481. The van der Waals surface area contributed by atoms with Gasteiger partial charge in [-0.2, -0.15) is 0 Å². The highest BCUT2D eigenvalue weighted by Crippen LogP contribution is 2.49. The Labute approximate surface area is 102 Å². The van der Waals surface area contributed by atoms with Gasteiger partial charge >= 0.3 is 7.60 Å². The fourth-order valence-corrected chi connectivity index (χ4v) is 3.24. The number of rotatable bonds is 6. The zero-order valence-electron chi connectivity index (χ0n) is 10.7. The van der Waals surface area contributed by atoms with E-state index in [1.165, 1.54) is 0 Å². The standard InChI is InChI=1S/C12H19O4P/c1-5-15-17(13,16-6-2)12-8-7-10(3)9-11(12)14-4/h7-9H,5-6H2,1-4H3. The summed E-state index contributed by atoms with van der Waals surface area (Å²) in [5.41, 5.74) is 1.03. The normalized spacial score (nSPS) is 11.5. The molecule has 0 heterocycles. The third kappa shape index (κ3) is 3.32. The zero-order chi connectivity index (χ0) is 12.9. The van der Waals surface area contributed by atoms with Gasteiger partial charge in [0.2, 0.25) is 0 Å². The summed E-state index contributed by atoms with van der Waals surface area (Å²) in [6.45, 7) is 6.17. The van der Waals surface area contributed by atoms with Crippen LogP contribution in [0, 0.1) is 6.92 Å². The lowest BCUT2D eigenvalue weighted by Gasteiger charge is -2.19. The third-order valence-corrected chi connectivity index (χ3v) is 4.38. The first-order valence-electron chi connectivity index (χ1n) is 5.61. The Kier molecular flexibility index (Phi) is 5.19. The van der Waals surface area contributed by atoms with Crippen molar-refractivity contribution in [2.45, 2.75) is 20.8 Å². The summed E-state index contributed by atoms with van der Waals surface area (Å²) in [5.74, 6) is 0.537. The number of hydrogen-bond donors (Lipinski definition) is 0. The summed E-state index contributed by atoms with van der Waals surface area (Å²) in [6.07, 6.45) is 0. The lowest BCUT2D eigenvalue weighted by molar-refractivity contribution is 0.229. The number of hydrogen-bond acceptors (Lipinski definition) is 4. The van der Waals surface area contributed by atoms with Gasteiger partial charge in [0.1, 0.15) is 11.1 Å². The largest absolute Gasteiger partial charge is 0.496 e. The van der Waals surface area contributed by atoms with Crippen molar-refractivity contribution in [1.82, 2.24) is 0 Å². The van der Waals surface area contributed by atoms with Gasteiger partial charge in [0, 0.05) is 0 Å². The highest BCUT2D eigenvalue weighted by Gasteiger charge is 2.30. The average molecular weight is 258 g/mol. The van der Waals surface area contributed by atoms with Gasteiger partial charge in [-0.25, -0.2) is 0 Å². The summed E-state index contributed by atoms with van der Waals surface area (Å²) < 4.78 is 28.4. The minimum Gasteiger partial charge on any atom is -0.496 e. The molecule has 0 spiro atoms. The second kappa shape index (κ2) is 6.20. The van der Waals surface area contributed by atoms with Gasteiger partial charge in [-0.05, 0) is 38.5 Å². The third-order valence-electron chi connectivity index (χ3n) is 2.23. The predicted molar refractivity (Wildman–Crippen MR) is 68.2 cm³/mol. The van der Waals surface area contributed by atoms with Gasteiger partial charge in [-0.15, -0.1) is 0 Å². The van der Waals surface area contributed by atoms with E-state index in [0.717, 1.165) is 5.56 Å². The maximum atomic E-state index is 12.6. The molecular weight excluding hydrogens is 239 g/mol. The number of benzene rings is 1. The molecule has 0 N–H and O–H groups in total. The molecule has 0 amide bonds. The van der Waals surface area contributed by atoms with Crippen LogP contribution in [-0.2, 0) is 13.6 Å². The fraction of sp³-hybridized carbons (Fsp3) is 0.500. The molecule has 17 heavy (non-hydrogen) atoms. The van der Waals surface area contributed by atoms with E-state index in [4.69, 9.17) is 13.8 Å².